The Bertz CT molecular complexity index is 2370. The summed E-state index contributed by atoms with van der Waals surface area (Å²) in [6.07, 6.45) is 1.07. The second kappa shape index (κ2) is 14.7. The molecule has 0 amide bonds. The lowest BCUT2D eigenvalue weighted by Crippen LogP contribution is -2.12. The van der Waals surface area contributed by atoms with Crippen molar-refractivity contribution in [3.63, 3.8) is 0 Å². The summed E-state index contributed by atoms with van der Waals surface area (Å²) in [7, 11) is -7.41. The molecule has 0 aliphatic rings. The van der Waals surface area contributed by atoms with Gasteiger partial charge >= 0.3 is 0 Å². The Morgan fingerprint density at radius 3 is 1.57 bits per heavy atom. The molecule has 6 aromatic rings. The zero-order chi connectivity index (χ0) is 36.4. The number of ether oxygens (including phenoxy) is 2. The summed E-state index contributed by atoms with van der Waals surface area (Å²) in [6, 6.07) is 37.4. The first-order valence-electron chi connectivity index (χ1n) is 16.4. The summed E-state index contributed by atoms with van der Waals surface area (Å²) in [6.45, 7) is 5.90. The predicted molar refractivity (Wildman–Crippen MR) is 203 cm³/mol. The molecule has 6 aromatic carbocycles. The van der Waals surface area contributed by atoms with Crippen molar-refractivity contribution >= 4 is 53.6 Å². The van der Waals surface area contributed by atoms with Crippen LogP contribution in [0.4, 0.5) is 0 Å². The van der Waals surface area contributed by atoms with E-state index in [1.807, 2.05) is 57.2 Å². The Labute approximate surface area is 309 Å². The molecule has 0 radical (unpaired) electrons. The van der Waals surface area contributed by atoms with E-state index >= 15 is 0 Å². The van der Waals surface area contributed by atoms with Gasteiger partial charge in [-0.15, -0.1) is 11.6 Å². The molecule has 0 fully saturated rings. The van der Waals surface area contributed by atoms with Crippen LogP contribution in [0.5, 0.6) is 17.2 Å². The van der Waals surface area contributed by atoms with Crippen LogP contribution in [-0.2, 0) is 24.5 Å². The third kappa shape index (κ3) is 7.95. The number of sulfone groups is 2. The van der Waals surface area contributed by atoms with Gasteiger partial charge in [-0.3, -0.25) is 0 Å². The molecule has 0 aliphatic carbocycles. The largest absolute Gasteiger partial charge is 0.486 e. The van der Waals surface area contributed by atoms with E-state index in [0.717, 1.165) is 21.9 Å². The van der Waals surface area contributed by atoms with E-state index in [4.69, 9.17) is 32.7 Å². The third-order valence-electron chi connectivity index (χ3n) is 8.92. The fourth-order valence-corrected chi connectivity index (χ4v) is 8.42. The van der Waals surface area contributed by atoms with Crippen molar-refractivity contribution in [1.82, 2.24) is 0 Å². The van der Waals surface area contributed by atoms with Gasteiger partial charge in [0.2, 0.25) is 19.7 Å². The Kier molecular flexibility index (Phi) is 10.5. The molecule has 262 valence electrons. The molecule has 2 atom stereocenters. The van der Waals surface area contributed by atoms with Crippen LogP contribution in [0.1, 0.15) is 50.8 Å². The molecule has 0 N–H and O–H groups in total. The van der Waals surface area contributed by atoms with Gasteiger partial charge in [0.05, 0.1) is 24.5 Å². The SMILES string of the molecule is CCC(Oc1ccc2ccc(Oc3ccc(S(=O)(=O)c4ccc(C(C)(Cl)CC)cc4)cc3)cc2c1)c1ccc(S(=O)(=O)c2ccc(Cl)cc2)cc1. The summed E-state index contributed by atoms with van der Waals surface area (Å²) in [5.41, 5.74) is 1.71. The topological polar surface area (TPSA) is 86.7 Å². The van der Waals surface area contributed by atoms with E-state index in [1.165, 1.54) is 24.3 Å². The summed E-state index contributed by atoms with van der Waals surface area (Å²) in [5, 5.41) is 2.35. The first kappa shape index (κ1) is 36.5. The highest BCUT2D eigenvalue weighted by atomic mass is 35.5. The minimum atomic E-state index is -3.73. The molecule has 10 heteroatoms. The van der Waals surface area contributed by atoms with Crippen molar-refractivity contribution in [2.75, 3.05) is 0 Å². The fraction of sp³-hybridized carbons (Fsp3) is 0.171. The predicted octanol–water partition coefficient (Wildman–Crippen LogP) is 11.3. The Balaban J connectivity index is 1.15. The highest BCUT2D eigenvalue weighted by Gasteiger charge is 2.24. The van der Waals surface area contributed by atoms with Gasteiger partial charge in [0.1, 0.15) is 23.4 Å². The summed E-state index contributed by atoms with van der Waals surface area (Å²) >= 11 is 12.5. The first-order valence-corrected chi connectivity index (χ1v) is 20.2. The van der Waals surface area contributed by atoms with Gasteiger partial charge < -0.3 is 9.47 Å². The zero-order valence-corrected chi connectivity index (χ0v) is 31.4. The van der Waals surface area contributed by atoms with Crippen LogP contribution in [0.2, 0.25) is 5.02 Å². The third-order valence-corrected chi connectivity index (χ3v) is 13.2. The van der Waals surface area contributed by atoms with Crippen LogP contribution >= 0.6 is 23.2 Å². The number of rotatable bonds is 12. The molecular formula is C41H36Cl2O6S2. The second-order valence-electron chi connectivity index (χ2n) is 12.4. The quantitative estimate of drug-likeness (QED) is 0.115. The van der Waals surface area contributed by atoms with Crippen LogP contribution in [0, 0.1) is 0 Å². The number of benzene rings is 6. The van der Waals surface area contributed by atoms with Crippen molar-refractivity contribution in [2.45, 2.75) is 64.2 Å². The molecule has 0 aromatic heterocycles. The van der Waals surface area contributed by atoms with Crippen molar-refractivity contribution in [3.8, 4) is 17.2 Å². The molecule has 0 bridgehead atoms. The zero-order valence-electron chi connectivity index (χ0n) is 28.2. The molecular weight excluding hydrogens is 723 g/mol. The van der Waals surface area contributed by atoms with E-state index in [2.05, 4.69) is 0 Å². The average Bonchev–Trinajstić information content (AvgIpc) is 3.14. The first-order chi connectivity index (χ1) is 24.3. The molecule has 2 unspecified atom stereocenters. The molecule has 0 saturated carbocycles. The molecule has 0 aliphatic heterocycles. The summed E-state index contributed by atoms with van der Waals surface area (Å²) < 4.78 is 65.3. The van der Waals surface area contributed by atoms with Crippen molar-refractivity contribution in [2.24, 2.45) is 0 Å². The summed E-state index contributed by atoms with van der Waals surface area (Å²) in [5.74, 6) is 1.72. The van der Waals surface area contributed by atoms with E-state index in [0.29, 0.717) is 35.1 Å². The molecule has 6 rings (SSSR count). The van der Waals surface area contributed by atoms with Gasteiger partial charge in [-0.05, 0) is 139 Å². The lowest BCUT2D eigenvalue weighted by molar-refractivity contribution is 0.201. The smallest absolute Gasteiger partial charge is 0.206 e. The minimum Gasteiger partial charge on any atom is -0.486 e. The van der Waals surface area contributed by atoms with Gasteiger partial charge in [0, 0.05) is 5.02 Å². The van der Waals surface area contributed by atoms with Crippen LogP contribution < -0.4 is 9.47 Å². The maximum Gasteiger partial charge on any atom is 0.206 e. The van der Waals surface area contributed by atoms with Crippen LogP contribution in [0.3, 0.4) is 0 Å². The van der Waals surface area contributed by atoms with Gasteiger partial charge in [-0.2, -0.15) is 0 Å². The van der Waals surface area contributed by atoms with Gasteiger partial charge in [0.25, 0.3) is 0 Å². The maximum atomic E-state index is 13.3. The Hall–Kier alpha value is -4.34. The van der Waals surface area contributed by atoms with E-state index in [-0.39, 0.29) is 25.7 Å². The molecule has 0 saturated heterocycles. The lowest BCUT2D eigenvalue weighted by Gasteiger charge is -2.20. The number of fused-ring (bicyclic) bond motifs is 1. The van der Waals surface area contributed by atoms with Gasteiger partial charge in [0.15, 0.2) is 0 Å². The van der Waals surface area contributed by atoms with Crippen LogP contribution in [0.25, 0.3) is 10.8 Å². The van der Waals surface area contributed by atoms with Gasteiger partial charge in [-0.25, -0.2) is 16.8 Å². The van der Waals surface area contributed by atoms with Crippen LogP contribution in [-0.4, -0.2) is 16.8 Å². The summed E-state index contributed by atoms with van der Waals surface area (Å²) in [4.78, 5) is 0.167. The minimum absolute atomic E-state index is 0.162. The standard InChI is InChI=1S/C41H36Cl2O6S2/c1-4-40(29-8-18-36(19-9-29)50(44,45)38-22-12-32(42)13-23-38)49-35-15-7-28-6-14-34(26-30(28)27-35)48-33-16-24-39(25-17-33)51(46,47)37-20-10-31(11-21-37)41(3,43)5-2/h6-27,40H,4-5H2,1-3H3. The molecule has 0 spiro atoms. The number of hydrogen-bond donors (Lipinski definition) is 0. The normalized spacial score (nSPS) is 13.7. The maximum absolute atomic E-state index is 13.3. The van der Waals surface area contributed by atoms with Crippen molar-refractivity contribution < 1.29 is 26.3 Å². The highest BCUT2D eigenvalue weighted by molar-refractivity contribution is 7.91. The number of alkyl halides is 1. The Morgan fingerprint density at radius 2 is 1.04 bits per heavy atom. The van der Waals surface area contributed by atoms with E-state index in [1.54, 1.807) is 72.8 Å². The monoisotopic (exact) mass is 758 g/mol. The van der Waals surface area contributed by atoms with Crippen LogP contribution in [0.15, 0.2) is 153 Å². The van der Waals surface area contributed by atoms with E-state index < -0.39 is 24.5 Å². The van der Waals surface area contributed by atoms with E-state index in [9.17, 15) is 16.8 Å². The van der Waals surface area contributed by atoms with Gasteiger partial charge in [-0.1, -0.05) is 61.8 Å². The van der Waals surface area contributed by atoms with Crippen molar-refractivity contribution in [3.05, 3.63) is 150 Å². The highest BCUT2D eigenvalue weighted by Crippen LogP contribution is 2.35. The fourth-order valence-electron chi connectivity index (χ4n) is 5.65. The molecule has 6 nitrogen and oxygen atoms in total. The number of hydrogen-bond acceptors (Lipinski definition) is 6. The number of halogens is 2. The lowest BCUT2D eigenvalue weighted by atomic mass is 9.98. The Morgan fingerprint density at radius 1 is 0.588 bits per heavy atom. The molecule has 51 heavy (non-hydrogen) atoms. The average molecular weight is 760 g/mol. The second-order valence-corrected chi connectivity index (χ2v) is 17.5. The molecule has 0 heterocycles. The van der Waals surface area contributed by atoms with Crippen molar-refractivity contribution in [1.29, 1.82) is 0 Å².